The summed E-state index contributed by atoms with van der Waals surface area (Å²) in [5.41, 5.74) is 4.92. The van der Waals surface area contributed by atoms with Gasteiger partial charge in [0.25, 0.3) is 11.6 Å². The van der Waals surface area contributed by atoms with E-state index in [0.29, 0.717) is 22.3 Å². The predicted molar refractivity (Wildman–Crippen MR) is 144 cm³/mol. The topological polar surface area (TPSA) is 125 Å². The van der Waals surface area contributed by atoms with Crippen molar-refractivity contribution >= 4 is 45.5 Å². The molecule has 4 aromatic rings. The van der Waals surface area contributed by atoms with Gasteiger partial charge in [-0.25, -0.2) is 5.43 Å². The second kappa shape index (κ2) is 12.3. The lowest BCUT2D eigenvalue weighted by atomic mass is 10.2. The van der Waals surface area contributed by atoms with Crippen LogP contribution in [0.25, 0.3) is 11.4 Å². The van der Waals surface area contributed by atoms with Gasteiger partial charge in [-0.1, -0.05) is 52.0 Å². The lowest BCUT2D eigenvalue weighted by molar-refractivity contribution is -0.384. The number of non-ortho nitro benzene ring substituents is 1. The second-order valence-electron chi connectivity index (χ2n) is 7.70. The smallest absolute Gasteiger partial charge is 0.269 e. The number of hydrogen-bond acceptors (Lipinski definition) is 8. The number of carbonyl (C=O) groups is 1. The van der Waals surface area contributed by atoms with E-state index < -0.39 is 4.92 Å². The number of nitrogens with one attached hydrogen (secondary N) is 1. The van der Waals surface area contributed by atoms with Crippen LogP contribution in [0.5, 0.6) is 5.75 Å². The SMILES string of the molecule is Cn1c(SCC(=O)N/N=C\c2ccccc2OCc2ccc([N+](=O)[O-])cc2)nnc1-c1ccc(Br)cc1. The van der Waals surface area contributed by atoms with Crippen molar-refractivity contribution in [2.45, 2.75) is 11.8 Å². The Kier molecular flexibility index (Phi) is 8.64. The number of hydrogen-bond donors (Lipinski definition) is 1. The Morgan fingerprint density at radius 2 is 1.86 bits per heavy atom. The van der Waals surface area contributed by atoms with Crippen LogP contribution in [0.1, 0.15) is 11.1 Å². The Bertz CT molecular complexity index is 1420. The Balaban J connectivity index is 1.30. The van der Waals surface area contributed by atoms with Crippen molar-refractivity contribution in [2.75, 3.05) is 5.75 Å². The van der Waals surface area contributed by atoms with Crippen LogP contribution in [-0.4, -0.2) is 37.6 Å². The van der Waals surface area contributed by atoms with E-state index in [1.165, 1.54) is 30.1 Å². The van der Waals surface area contributed by atoms with Crippen molar-refractivity contribution in [3.63, 3.8) is 0 Å². The first-order valence-electron chi connectivity index (χ1n) is 11.0. The molecule has 1 amide bonds. The lowest BCUT2D eigenvalue weighted by Gasteiger charge is -2.09. The molecule has 1 N–H and O–H groups in total. The Morgan fingerprint density at radius 3 is 2.59 bits per heavy atom. The summed E-state index contributed by atoms with van der Waals surface area (Å²) in [6.07, 6.45) is 1.50. The fourth-order valence-electron chi connectivity index (χ4n) is 3.22. The number of halogens is 1. The highest BCUT2D eigenvalue weighted by Crippen LogP contribution is 2.24. The average molecular weight is 581 g/mol. The molecule has 1 heterocycles. The molecular weight excluding hydrogens is 560 g/mol. The first-order chi connectivity index (χ1) is 17.9. The minimum absolute atomic E-state index is 0.0226. The zero-order valence-electron chi connectivity index (χ0n) is 19.6. The molecule has 0 bridgehead atoms. The number of nitro benzene ring substituents is 1. The van der Waals surface area contributed by atoms with E-state index in [9.17, 15) is 14.9 Å². The zero-order valence-corrected chi connectivity index (χ0v) is 22.0. The third kappa shape index (κ3) is 7.02. The van der Waals surface area contributed by atoms with Gasteiger partial charge in [0.2, 0.25) is 0 Å². The predicted octanol–water partition coefficient (Wildman–Crippen LogP) is 4.97. The van der Waals surface area contributed by atoms with Crippen molar-refractivity contribution in [2.24, 2.45) is 12.1 Å². The minimum Gasteiger partial charge on any atom is -0.488 e. The maximum Gasteiger partial charge on any atom is 0.269 e. The highest BCUT2D eigenvalue weighted by Gasteiger charge is 2.13. The van der Waals surface area contributed by atoms with Crippen LogP contribution < -0.4 is 10.2 Å². The number of thioether (sulfide) groups is 1. The van der Waals surface area contributed by atoms with E-state index in [4.69, 9.17) is 4.74 Å². The zero-order chi connectivity index (χ0) is 26.2. The van der Waals surface area contributed by atoms with Gasteiger partial charge < -0.3 is 9.30 Å². The molecule has 0 spiro atoms. The number of aromatic nitrogens is 3. The van der Waals surface area contributed by atoms with Gasteiger partial charge in [0.15, 0.2) is 11.0 Å². The summed E-state index contributed by atoms with van der Waals surface area (Å²) in [6.45, 7) is 0.228. The van der Waals surface area contributed by atoms with Crippen molar-refractivity contribution in [3.05, 3.63) is 98.5 Å². The highest BCUT2D eigenvalue weighted by molar-refractivity contribution is 9.10. The van der Waals surface area contributed by atoms with Gasteiger partial charge >= 0.3 is 0 Å². The number of nitro groups is 1. The van der Waals surface area contributed by atoms with E-state index in [1.807, 2.05) is 48.0 Å². The van der Waals surface area contributed by atoms with Crippen molar-refractivity contribution < 1.29 is 14.5 Å². The van der Waals surface area contributed by atoms with Crippen LogP contribution in [0.3, 0.4) is 0 Å². The van der Waals surface area contributed by atoms with Gasteiger partial charge in [-0.15, -0.1) is 10.2 Å². The Hall–Kier alpha value is -4.03. The molecule has 37 heavy (non-hydrogen) atoms. The lowest BCUT2D eigenvalue weighted by Crippen LogP contribution is -2.20. The van der Waals surface area contributed by atoms with Gasteiger partial charge in [-0.2, -0.15) is 5.10 Å². The molecule has 0 saturated carbocycles. The quantitative estimate of drug-likeness (QED) is 0.121. The van der Waals surface area contributed by atoms with E-state index in [-0.39, 0.29) is 24.0 Å². The summed E-state index contributed by atoms with van der Waals surface area (Å²) in [4.78, 5) is 22.7. The maximum atomic E-state index is 12.3. The number of carbonyl (C=O) groups excluding carboxylic acids is 1. The molecule has 0 aliphatic rings. The van der Waals surface area contributed by atoms with Crippen molar-refractivity contribution in [3.8, 4) is 17.1 Å². The fraction of sp³-hybridized carbons (Fsp3) is 0.120. The maximum absolute atomic E-state index is 12.3. The molecular formula is C25H21BrN6O4S. The third-order valence-electron chi connectivity index (χ3n) is 5.12. The Labute approximate surface area is 225 Å². The molecule has 4 rings (SSSR count). The van der Waals surface area contributed by atoms with Crippen LogP contribution in [0.4, 0.5) is 5.69 Å². The van der Waals surface area contributed by atoms with E-state index in [0.717, 1.165) is 15.6 Å². The molecule has 3 aromatic carbocycles. The summed E-state index contributed by atoms with van der Waals surface area (Å²) in [7, 11) is 1.85. The highest BCUT2D eigenvalue weighted by atomic mass is 79.9. The minimum atomic E-state index is -0.447. The Morgan fingerprint density at radius 1 is 1.14 bits per heavy atom. The number of ether oxygens (including phenoxy) is 1. The first-order valence-corrected chi connectivity index (χ1v) is 12.7. The molecule has 0 aliphatic carbocycles. The normalized spacial score (nSPS) is 11.0. The van der Waals surface area contributed by atoms with Gasteiger partial charge in [0.05, 0.1) is 16.9 Å². The van der Waals surface area contributed by atoms with Crippen molar-refractivity contribution in [1.82, 2.24) is 20.2 Å². The molecule has 0 atom stereocenters. The third-order valence-corrected chi connectivity index (χ3v) is 6.67. The number of para-hydroxylation sites is 1. The monoisotopic (exact) mass is 580 g/mol. The van der Waals surface area contributed by atoms with Crippen LogP contribution in [0.15, 0.2) is 87.5 Å². The number of nitrogens with zero attached hydrogens (tertiary/aromatic N) is 5. The average Bonchev–Trinajstić information content (AvgIpc) is 3.27. The van der Waals surface area contributed by atoms with Gasteiger partial charge in [0, 0.05) is 34.8 Å². The number of amides is 1. The molecule has 188 valence electrons. The summed E-state index contributed by atoms with van der Waals surface area (Å²) in [5, 5.41) is 23.9. The van der Waals surface area contributed by atoms with Crippen LogP contribution >= 0.6 is 27.7 Å². The van der Waals surface area contributed by atoms with Crippen molar-refractivity contribution in [1.29, 1.82) is 0 Å². The number of hydrazone groups is 1. The van der Waals surface area contributed by atoms with Crippen LogP contribution in [0, 0.1) is 10.1 Å². The van der Waals surface area contributed by atoms with Crippen LogP contribution in [-0.2, 0) is 18.4 Å². The summed E-state index contributed by atoms with van der Waals surface area (Å²) in [6, 6.07) is 21.1. The van der Waals surface area contributed by atoms with Gasteiger partial charge in [-0.3, -0.25) is 14.9 Å². The molecule has 0 aliphatic heterocycles. The summed E-state index contributed by atoms with van der Waals surface area (Å²) in [5.74, 6) is 1.09. The standard InChI is InChI=1S/C25H21BrN6O4S/c1-31-24(18-8-10-20(26)11-9-18)29-30-25(31)37-16-23(33)28-27-14-19-4-2-3-5-22(19)36-15-17-6-12-21(13-7-17)32(34)35/h2-14H,15-16H2,1H3,(H,28,33)/b27-14-. The molecule has 0 fully saturated rings. The number of benzene rings is 3. The van der Waals surface area contributed by atoms with Crippen LogP contribution in [0.2, 0.25) is 0 Å². The summed E-state index contributed by atoms with van der Waals surface area (Å²) < 4.78 is 8.66. The molecule has 10 nitrogen and oxygen atoms in total. The fourth-order valence-corrected chi connectivity index (χ4v) is 4.19. The largest absolute Gasteiger partial charge is 0.488 e. The van der Waals surface area contributed by atoms with Gasteiger partial charge in [-0.05, 0) is 42.0 Å². The molecule has 0 radical (unpaired) electrons. The van der Waals surface area contributed by atoms with E-state index >= 15 is 0 Å². The molecule has 1 aromatic heterocycles. The molecule has 0 unspecified atom stereocenters. The van der Waals surface area contributed by atoms with Gasteiger partial charge in [0.1, 0.15) is 12.4 Å². The number of rotatable bonds is 10. The molecule has 12 heteroatoms. The summed E-state index contributed by atoms with van der Waals surface area (Å²) >= 11 is 4.68. The van der Waals surface area contributed by atoms with E-state index in [1.54, 1.807) is 24.3 Å². The first kappa shape index (κ1) is 26.0. The second-order valence-corrected chi connectivity index (χ2v) is 9.56. The van der Waals surface area contributed by atoms with E-state index in [2.05, 4.69) is 36.7 Å². The molecule has 0 saturated heterocycles.